The fourth-order valence-corrected chi connectivity index (χ4v) is 2.14. The number of aryl methyl sites for hydroxylation is 1. The molecule has 4 nitrogen and oxygen atoms in total. The molecule has 96 valence electrons. The predicted molar refractivity (Wildman–Crippen MR) is 68.0 cm³/mol. The number of aromatic nitrogens is 2. The van der Waals surface area contributed by atoms with Crippen LogP contribution in [0.3, 0.4) is 0 Å². The number of nitrogens with one attached hydrogen (secondary N) is 1. The van der Waals surface area contributed by atoms with Crippen LogP contribution < -0.4 is 5.32 Å². The van der Waals surface area contributed by atoms with Gasteiger partial charge in [0.05, 0.1) is 11.7 Å². The highest BCUT2D eigenvalue weighted by atomic mass is 16.5. The largest absolute Gasteiger partial charge is 0.381 e. The van der Waals surface area contributed by atoms with Gasteiger partial charge in [-0.1, -0.05) is 13.8 Å². The van der Waals surface area contributed by atoms with Gasteiger partial charge in [-0.05, 0) is 19.8 Å². The number of rotatable bonds is 4. The van der Waals surface area contributed by atoms with E-state index in [2.05, 4.69) is 42.1 Å². The van der Waals surface area contributed by atoms with Gasteiger partial charge in [-0.2, -0.15) is 5.10 Å². The minimum absolute atomic E-state index is 0.515. The summed E-state index contributed by atoms with van der Waals surface area (Å²) in [5, 5.41) is 8.07. The van der Waals surface area contributed by atoms with Gasteiger partial charge in [0.1, 0.15) is 0 Å². The predicted octanol–water partition coefficient (Wildman–Crippen LogP) is 2.04. The fourth-order valence-electron chi connectivity index (χ4n) is 2.14. The zero-order valence-electron chi connectivity index (χ0n) is 11.1. The highest BCUT2D eigenvalue weighted by Crippen LogP contribution is 2.21. The van der Waals surface area contributed by atoms with E-state index in [0.717, 1.165) is 38.3 Å². The van der Waals surface area contributed by atoms with Crippen LogP contribution >= 0.6 is 0 Å². The van der Waals surface area contributed by atoms with Gasteiger partial charge < -0.3 is 10.1 Å². The smallest absolute Gasteiger partial charge is 0.0638 e. The Hall–Kier alpha value is -0.870. The van der Waals surface area contributed by atoms with E-state index in [-0.39, 0.29) is 0 Å². The van der Waals surface area contributed by atoms with Crippen LogP contribution in [0, 0.1) is 6.92 Å². The first-order valence-electron chi connectivity index (χ1n) is 6.52. The minimum Gasteiger partial charge on any atom is -0.381 e. The second kappa shape index (κ2) is 5.65. The van der Waals surface area contributed by atoms with Crippen molar-refractivity contribution in [1.29, 1.82) is 0 Å². The lowest BCUT2D eigenvalue weighted by atomic mass is 10.1. The van der Waals surface area contributed by atoms with Gasteiger partial charge in [0.25, 0.3) is 0 Å². The third kappa shape index (κ3) is 3.30. The van der Waals surface area contributed by atoms with E-state index < -0.39 is 0 Å². The average Bonchev–Trinajstić information content (AvgIpc) is 2.69. The van der Waals surface area contributed by atoms with Crippen molar-refractivity contribution < 1.29 is 4.74 Å². The molecule has 17 heavy (non-hydrogen) atoms. The molecule has 0 atom stereocenters. The molecule has 0 aliphatic carbocycles. The Morgan fingerprint density at radius 2 is 2.18 bits per heavy atom. The van der Waals surface area contributed by atoms with Crippen molar-refractivity contribution >= 4 is 0 Å². The quantitative estimate of drug-likeness (QED) is 0.871. The van der Waals surface area contributed by atoms with E-state index in [0.29, 0.717) is 12.1 Å². The third-order valence-electron chi connectivity index (χ3n) is 3.28. The maximum absolute atomic E-state index is 5.38. The Balaban J connectivity index is 2.01. The Morgan fingerprint density at radius 3 is 2.82 bits per heavy atom. The van der Waals surface area contributed by atoms with Crippen LogP contribution in [0.5, 0.6) is 0 Å². The van der Waals surface area contributed by atoms with E-state index in [9.17, 15) is 0 Å². The molecule has 1 aliphatic rings. The van der Waals surface area contributed by atoms with Gasteiger partial charge in [-0.15, -0.1) is 0 Å². The number of hydrogen-bond donors (Lipinski definition) is 1. The summed E-state index contributed by atoms with van der Waals surface area (Å²) < 4.78 is 7.52. The lowest BCUT2D eigenvalue weighted by molar-refractivity contribution is 0.0661. The maximum atomic E-state index is 5.38. The number of hydrogen-bond acceptors (Lipinski definition) is 3. The zero-order valence-corrected chi connectivity index (χ0v) is 11.1. The van der Waals surface area contributed by atoms with Crippen molar-refractivity contribution in [2.75, 3.05) is 13.2 Å². The summed E-state index contributed by atoms with van der Waals surface area (Å²) in [6, 6.07) is 1.04. The molecular formula is C13H23N3O. The summed E-state index contributed by atoms with van der Waals surface area (Å²) >= 11 is 0. The highest BCUT2D eigenvalue weighted by Gasteiger charge is 2.17. The molecule has 1 fully saturated rings. The van der Waals surface area contributed by atoms with Crippen LogP contribution in [-0.4, -0.2) is 29.0 Å². The molecule has 0 unspecified atom stereocenters. The van der Waals surface area contributed by atoms with Crippen LogP contribution in [0.25, 0.3) is 0 Å². The Morgan fingerprint density at radius 1 is 1.47 bits per heavy atom. The molecule has 0 aromatic carbocycles. The molecule has 2 rings (SSSR count). The van der Waals surface area contributed by atoms with Gasteiger partial charge in [0, 0.05) is 37.6 Å². The normalized spacial score (nSPS) is 17.9. The highest BCUT2D eigenvalue weighted by molar-refractivity contribution is 5.15. The van der Waals surface area contributed by atoms with Gasteiger partial charge in [0.15, 0.2) is 0 Å². The molecule has 1 saturated heterocycles. The van der Waals surface area contributed by atoms with Crippen molar-refractivity contribution in [3.8, 4) is 0 Å². The Kier molecular flexibility index (Phi) is 4.18. The topological polar surface area (TPSA) is 39.1 Å². The molecule has 0 saturated carbocycles. The summed E-state index contributed by atoms with van der Waals surface area (Å²) in [4.78, 5) is 0. The van der Waals surface area contributed by atoms with E-state index in [1.54, 1.807) is 0 Å². The fraction of sp³-hybridized carbons (Fsp3) is 0.769. The van der Waals surface area contributed by atoms with E-state index in [1.165, 1.54) is 5.56 Å². The van der Waals surface area contributed by atoms with E-state index in [4.69, 9.17) is 4.74 Å². The van der Waals surface area contributed by atoms with Crippen LogP contribution in [-0.2, 0) is 11.3 Å². The first kappa shape index (κ1) is 12.6. The number of ether oxygens (including phenoxy) is 1. The summed E-state index contributed by atoms with van der Waals surface area (Å²) in [6.45, 7) is 9.06. The van der Waals surface area contributed by atoms with Crippen LogP contribution in [0.15, 0.2) is 6.20 Å². The van der Waals surface area contributed by atoms with Crippen LogP contribution in [0.1, 0.15) is 44.0 Å². The molecule has 0 bridgehead atoms. The summed E-state index contributed by atoms with van der Waals surface area (Å²) in [6.07, 6.45) is 4.36. The average molecular weight is 237 g/mol. The van der Waals surface area contributed by atoms with Crippen molar-refractivity contribution in [2.45, 2.75) is 52.2 Å². The van der Waals surface area contributed by atoms with Gasteiger partial charge in [-0.3, -0.25) is 4.68 Å². The Labute approximate surface area is 103 Å². The molecule has 4 heteroatoms. The SMILES string of the molecule is Cc1nn(C2CCOCC2)cc1CNC(C)C. The van der Waals surface area contributed by atoms with Gasteiger partial charge >= 0.3 is 0 Å². The van der Waals surface area contributed by atoms with Crippen LogP contribution in [0.4, 0.5) is 0 Å². The monoisotopic (exact) mass is 237 g/mol. The second-order valence-electron chi connectivity index (χ2n) is 5.10. The standard InChI is InChI=1S/C13H23N3O/c1-10(2)14-8-12-9-16(15-11(12)3)13-4-6-17-7-5-13/h9-10,13-14H,4-8H2,1-3H3. The van der Waals surface area contributed by atoms with Crippen molar-refractivity contribution in [1.82, 2.24) is 15.1 Å². The molecule has 0 radical (unpaired) electrons. The van der Waals surface area contributed by atoms with Crippen molar-refractivity contribution in [2.24, 2.45) is 0 Å². The molecule has 1 aromatic rings. The lowest BCUT2D eigenvalue weighted by Crippen LogP contribution is -2.22. The van der Waals surface area contributed by atoms with E-state index in [1.807, 2.05) is 0 Å². The van der Waals surface area contributed by atoms with Crippen molar-refractivity contribution in [3.05, 3.63) is 17.5 Å². The molecule has 1 aliphatic heterocycles. The molecule has 1 aromatic heterocycles. The third-order valence-corrected chi connectivity index (χ3v) is 3.28. The second-order valence-corrected chi connectivity index (χ2v) is 5.10. The number of nitrogens with zero attached hydrogens (tertiary/aromatic N) is 2. The summed E-state index contributed by atoms with van der Waals surface area (Å²) in [5.41, 5.74) is 2.45. The first-order chi connectivity index (χ1) is 8.16. The molecule has 0 amide bonds. The minimum atomic E-state index is 0.515. The van der Waals surface area contributed by atoms with E-state index >= 15 is 0 Å². The zero-order chi connectivity index (χ0) is 12.3. The van der Waals surface area contributed by atoms with Gasteiger partial charge in [0.2, 0.25) is 0 Å². The maximum Gasteiger partial charge on any atom is 0.0638 e. The first-order valence-corrected chi connectivity index (χ1v) is 6.52. The Bertz CT molecular complexity index is 354. The summed E-state index contributed by atoms with van der Waals surface area (Å²) in [5.74, 6) is 0. The summed E-state index contributed by atoms with van der Waals surface area (Å²) in [7, 11) is 0. The lowest BCUT2D eigenvalue weighted by Gasteiger charge is -2.22. The van der Waals surface area contributed by atoms with Gasteiger partial charge in [-0.25, -0.2) is 0 Å². The molecular weight excluding hydrogens is 214 g/mol. The molecule has 0 spiro atoms. The van der Waals surface area contributed by atoms with Crippen LogP contribution in [0.2, 0.25) is 0 Å². The molecule has 1 N–H and O–H groups in total. The molecule has 2 heterocycles. The van der Waals surface area contributed by atoms with Crippen molar-refractivity contribution in [3.63, 3.8) is 0 Å².